The summed E-state index contributed by atoms with van der Waals surface area (Å²) in [4.78, 5) is 0. The Bertz CT molecular complexity index is 163. The van der Waals surface area contributed by atoms with Gasteiger partial charge in [0.15, 0.2) is 0 Å². The smallest absolute Gasteiger partial charge is 0.166 e. The van der Waals surface area contributed by atoms with Crippen molar-refractivity contribution < 1.29 is 13.2 Å². The van der Waals surface area contributed by atoms with Crippen molar-refractivity contribution in [3.8, 4) is 0 Å². The molecule has 0 heterocycles. The fourth-order valence-corrected chi connectivity index (χ4v) is 0.625. The standard InChI is InChI=1S/C8H11F3/c1-3-5-6-7(4-2)8(9,10)11/h3,5-6H,4H2,1-2H3/b5-3-,7-6+. The second-order valence-electron chi connectivity index (χ2n) is 2.07. The Balaban J connectivity index is 4.40. The van der Waals surface area contributed by atoms with E-state index in [1.165, 1.54) is 13.0 Å². The minimum atomic E-state index is -4.17. The first kappa shape index (κ1) is 10.3. The van der Waals surface area contributed by atoms with E-state index < -0.39 is 11.7 Å². The number of allylic oxidation sites excluding steroid dienone is 4. The van der Waals surface area contributed by atoms with E-state index in [-0.39, 0.29) is 6.42 Å². The molecule has 0 aromatic carbocycles. The number of halogens is 3. The molecule has 0 aliphatic carbocycles. The number of rotatable bonds is 2. The zero-order valence-corrected chi connectivity index (χ0v) is 6.57. The van der Waals surface area contributed by atoms with Crippen LogP contribution in [0.25, 0.3) is 0 Å². The van der Waals surface area contributed by atoms with Gasteiger partial charge >= 0.3 is 6.18 Å². The summed E-state index contributed by atoms with van der Waals surface area (Å²) in [5, 5.41) is 0. The Hall–Kier alpha value is -0.730. The molecule has 0 aliphatic rings. The lowest BCUT2D eigenvalue weighted by atomic mass is 10.2. The Labute approximate surface area is 64.4 Å². The van der Waals surface area contributed by atoms with Crippen LogP contribution in [-0.4, -0.2) is 6.18 Å². The summed E-state index contributed by atoms with van der Waals surface area (Å²) in [6.45, 7) is 3.17. The molecule has 0 fully saturated rings. The van der Waals surface area contributed by atoms with Gasteiger partial charge in [0.2, 0.25) is 0 Å². The summed E-state index contributed by atoms with van der Waals surface area (Å²) in [6, 6.07) is 0. The van der Waals surface area contributed by atoms with Crippen LogP contribution in [-0.2, 0) is 0 Å². The van der Waals surface area contributed by atoms with Crippen molar-refractivity contribution in [2.24, 2.45) is 0 Å². The molecule has 0 amide bonds. The first-order valence-corrected chi connectivity index (χ1v) is 3.41. The minimum absolute atomic E-state index is 0.0217. The van der Waals surface area contributed by atoms with Crippen molar-refractivity contribution in [2.45, 2.75) is 26.4 Å². The van der Waals surface area contributed by atoms with Crippen molar-refractivity contribution in [3.05, 3.63) is 23.8 Å². The first-order valence-electron chi connectivity index (χ1n) is 3.41. The van der Waals surface area contributed by atoms with Crippen LogP contribution in [0.3, 0.4) is 0 Å². The van der Waals surface area contributed by atoms with E-state index in [0.717, 1.165) is 6.08 Å². The van der Waals surface area contributed by atoms with E-state index in [2.05, 4.69) is 0 Å². The SMILES string of the molecule is C/C=C\C=C(/CC)C(F)(F)F. The fraction of sp³-hybridized carbons (Fsp3) is 0.500. The maximum Gasteiger partial charge on any atom is 0.412 e. The maximum atomic E-state index is 11.9. The van der Waals surface area contributed by atoms with Crippen LogP contribution in [0.2, 0.25) is 0 Å². The van der Waals surface area contributed by atoms with Gasteiger partial charge in [0.05, 0.1) is 0 Å². The van der Waals surface area contributed by atoms with E-state index in [4.69, 9.17) is 0 Å². The van der Waals surface area contributed by atoms with Gasteiger partial charge in [0, 0.05) is 5.57 Å². The zero-order chi connectivity index (χ0) is 8.91. The van der Waals surface area contributed by atoms with Crippen molar-refractivity contribution in [2.75, 3.05) is 0 Å². The molecule has 0 spiro atoms. The predicted octanol–water partition coefficient (Wildman–Crippen LogP) is 3.46. The Morgan fingerprint density at radius 2 is 1.91 bits per heavy atom. The molecule has 11 heavy (non-hydrogen) atoms. The van der Waals surface area contributed by atoms with E-state index in [1.54, 1.807) is 13.0 Å². The minimum Gasteiger partial charge on any atom is -0.166 e. The van der Waals surface area contributed by atoms with Gasteiger partial charge in [0.25, 0.3) is 0 Å². The van der Waals surface area contributed by atoms with Crippen LogP contribution >= 0.6 is 0 Å². The number of alkyl halides is 3. The van der Waals surface area contributed by atoms with Gasteiger partial charge in [-0.2, -0.15) is 13.2 Å². The summed E-state index contributed by atoms with van der Waals surface area (Å²) in [5.74, 6) is 0. The summed E-state index contributed by atoms with van der Waals surface area (Å²) in [7, 11) is 0. The maximum absolute atomic E-state index is 11.9. The molecule has 0 radical (unpaired) electrons. The van der Waals surface area contributed by atoms with Gasteiger partial charge in [-0.15, -0.1) is 0 Å². The van der Waals surface area contributed by atoms with Gasteiger partial charge in [-0.25, -0.2) is 0 Å². The second-order valence-corrected chi connectivity index (χ2v) is 2.07. The van der Waals surface area contributed by atoms with Gasteiger partial charge in [0.1, 0.15) is 0 Å². The van der Waals surface area contributed by atoms with E-state index in [0.29, 0.717) is 0 Å². The summed E-state index contributed by atoms with van der Waals surface area (Å²) in [5.41, 5.74) is -0.490. The van der Waals surface area contributed by atoms with Crippen LogP contribution in [0.5, 0.6) is 0 Å². The van der Waals surface area contributed by atoms with Crippen LogP contribution in [0.15, 0.2) is 23.8 Å². The molecule has 0 aliphatic heterocycles. The van der Waals surface area contributed by atoms with E-state index >= 15 is 0 Å². The molecule has 3 heteroatoms. The van der Waals surface area contributed by atoms with Crippen molar-refractivity contribution in [1.29, 1.82) is 0 Å². The largest absolute Gasteiger partial charge is 0.412 e. The van der Waals surface area contributed by atoms with Crippen molar-refractivity contribution in [1.82, 2.24) is 0 Å². The molecule has 0 nitrogen and oxygen atoms in total. The molecule has 0 aromatic heterocycles. The topological polar surface area (TPSA) is 0 Å². The molecule has 0 saturated heterocycles. The average molecular weight is 164 g/mol. The summed E-state index contributed by atoms with van der Waals surface area (Å²) < 4.78 is 35.8. The molecule has 0 bridgehead atoms. The highest BCUT2D eigenvalue weighted by molar-refractivity contribution is 5.16. The highest BCUT2D eigenvalue weighted by atomic mass is 19.4. The van der Waals surface area contributed by atoms with Crippen molar-refractivity contribution >= 4 is 0 Å². The molecule has 0 unspecified atom stereocenters. The van der Waals surface area contributed by atoms with Crippen LogP contribution < -0.4 is 0 Å². The van der Waals surface area contributed by atoms with Gasteiger partial charge in [-0.3, -0.25) is 0 Å². The lowest BCUT2D eigenvalue weighted by Gasteiger charge is -2.07. The van der Waals surface area contributed by atoms with E-state index in [9.17, 15) is 13.2 Å². The van der Waals surface area contributed by atoms with Crippen LogP contribution in [0.4, 0.5) is 13.2 Å². The number of hydrogen-bond donors (Lipinski definition) is 0. The molecular weight excluding hydrogens is 153 g/mol. The second kappa shape index (κ2) is 4.21. The summed E-state index contributed by atoms with van der Waals surface area (Å²) >= 11 is 0. The first-order chi connectivity index (χ1) is 5.02. The highest BCUT2D eigenvalue weighted by Crippen LogP contribution is 2.27. The molecule has 0 rings (SSSR count). The van der Waals surface area contributed by atoms with Gasteiger partial charge < -0.3 is 0 Å². The lowest BCUT2D eigenvalue weighted by molar-refractivity contribution is -0.0935. The normalized spacial score (nSPS) is 14.5. The molecule has 0 aromatic rings. The van der Waals surface area contributed by atoms with Gasteiger partial charge in [-0.1, -0.05) is 25.2 Å². The molecule has 0 saturated carbocycles. The third-order valence-corrected chi connectivity index (χ3v) is 1.23. The summed E-state index contributed by atoms with van der Waals surface area (Å²) in [6.07, 6.45) is -0.0875. The third kappa shape index (κ3) is 3.86. The zero-order valence-electron chi connectivity index (χ0n) is 6.57. The molecular formula is C8H11F3. The highest BCUT2D eigenvalue weighted by Gasteiger charge is 2.31. The quantitative estimate of drug-likeness (QED) is 0.548. The third-order valence-electron chi connectivity index (χ3n) is 1.23. The lowest BCUT2D eigenvalue weighted by Crippen LogP contribution is -2.10. The molecule has 0 N–H and O–H groups in total. The fourth-order valence-electron chi connectivity index (χ4n) is 0.625. The van der Waals surface area contributed by atoms with Crippen LogP contribution in [0.1, 0.15) is 20.3 Å². The monoisotopic (exact) mass is 164 g/mol. The van der Waals surface area contributed by atoms with Crippen molar-refractivity contribution in [3.63, 3.8) is 0 Å². The average Bonchev–Trinajstić information content (AvgIpc) is 1.87. The Morgan fingerprint density at radius 3 is 2.18 bits per heavy atom. The Kier molecular flexibility index (Phi) is 3.93. The molecule has 64 valence electrons. The predicted molar refractivity (Wildman–Crippen MR) is 39.2 cm³/mol. The van der Waals surface area contributed by atoms with Gasteiger partial charge in [-0.05, 0) is 13.3 Å². The van der Waals surface area contributed by atoms with Crippen LogP contribution in [0, 0.1) is 0 Å². The molecule has 0 atom stereocenters. The van der Waals surface area contributed by atoms with E-state index in [1.807, 2.05) is 0 Å². The number of hydrogen-bond acceptors (Lipinski definition) is 0. The Morgan fingerprint density at radius 1 is 1.36 bits per heavy atom.